The van der Waals surface area contributed by atoms with Crippen molar-refractivity contribution in [1.82, 2.24) is 4.90 Å². The zero-order chi connectivity index (χ0) is 14.8. The molecule has 4 heteroatoms. The van der Waals surface area contributed by atoms with Crippen LogP contribution in [0.1, 0.15) is 30.1 Å². The molecule has 1 fully saturated rings. The van der Waals surface area contributed by atoms with Crippen LogP contribution in [0.25, 0.3) is 0 Å². The molecule has 1 aliphatic heterocycles. The Kier molecular flexibility index (Phi) is 7.11. The van der Waals surface area contributed by atoms with E-state index < -0.39 is 0 Å². The fraction of sp³-hybridized carbons (Fsp3) is 0.375. The van der Waals surface area contributed by atoms with E-state index in [0.717, 1.165) is 38.0 Å². The predicted octanol–water partition coefficient (Wildman–Crippen LogP) is 2.69. The molecule has 1 aromatic rings. The van der Waals surface area contributed by atoms with Crippen LogP contribution < -0.4 is 4.74 Å². The number of aldehydes is 1. The van der Waals surface area contributed by atoms with Gasteiger partial charge in [0.25, 0.3) is 5.91 Å². The van der Waals surface area contributed by atoms with Gasteiger partial charge in [0.1, 0.15) is 18.6 Å². The molecule has 0 N–H and O–H groups in total. The first-order chi connectivity index (χ1) is 9.72. The molecule has 0 spiro atoms. The topological polar surface area (TPSA) is 46.6 Å². The molecule has 2 rings (SSSR count). The number of carbonyl (C=O) groups excluding carboxylic acids is 2. The Morgan fingerprint density at radius 3 is 2.65 bits per heavy atom. The van der Waals surface area contributed by atoms with Crippen LogP contribution in [0.3, 0.4) is 0 Å². The van der Waals surface area contributed by atoms with E-state index in [1.807, 2.05) is 23.1 Å². The molecular weight excluding hydrogens is 254 g/mol. The largest absolute Gasteiger partial charge is 0.490 e. The Morgan fingerprint density at radius 2 is 2.05 bits per heavy atom. The summed E-state index contributed by atoms with van der Waals surface area (Å²) in [6, 6.07) is 7.33. The van der Waals surface area contributed by atoms with Crippen LogP contribution >= 0.6 is 0 Å². The Labute approximate surface area is 120 Å². The smallest absolute Gasteiger partial charge is 0.253 e. The monoisotopic (exact) mass is 275 g/mol. The fourth-order valence-electron chi connectivity index (χ4n) is 1.98. The number of hydrogen-bond donors (Lipinski definition) is 0. The van der Waals surface area contributed by atoms with E-state index in [4.69, 9.17) is 9.53 Å². The van der Waals surface area contributed by atoms with Crippen molar-refractivity contribution in [1.29, 1.82) is 0 Å². The van der Waals surface area contributed by atoms with Crippen molar-refractivity contribution in [3.8, 4) is 5.75 Å². The summed E-state index contributed by atoms with van der Waals surface area (Å²) in [5, 5.41) is 0. The van der Waals surface area contributed by atoms with Crippen LogP contribution in [-0.4, -0.2) is 36.8 Å². The number of amides is 1. The first-order valence-corrected chi connectivity index (χ1v) is 6.75. The van der Waals surface area contributed by atoms with E-state index in [-0.39, 0.29) is 5.91 Å². The molecular formula is C16H21NO3. The van der Waals surface area contributed by atoms with Gasteiger partial charge in [0.05, 0.1) is 0 Å². The molecule has 0 radical (unpaired) electrons. The lowest BCUT2D eigenvalue weighted by Gasteiger charge is -2.15. The molecule has 4 nitrogen and oxygen atoms in total. The minimum Gasteiger partial charge on any atom is -0.490 e. The van der Waals surface area contributed by atoms with Gasteiger partial charge in [-0.15, -0.1) is 0 Å². The van der Waals surface area contributed by atoms with Crippen molar-refractivity contribution < 1.29 is 14.3 Å². The van der Waals surface area contributed by atoms with Gasteiger partial charge in [-0.25, -0.2) is 0 Å². The summed E-state index contributed by atoms with van der Waals surface area (Å²) in [5.74, 6) is 0.821. The number of nitrogens with zero attached hydrogens (tertiary/aromatic N) is 1. The minimum absolute atomic E-state index is 0.103. The molecule has 1 saturated heterocycles. The quantitative estimate of drug-likeness (QED) is 0.627. The fourth-order valence-corrected chi connectivity index (χ4v) is 1.98. The summed E-state index contributed by atoms with van der Waals surface area (Å²) < 4.78 is 5.42. The number of rotatable bonds is 4. The van der Waals surface area contributed by atoms with Gasteiger partial charge < -0.3 is 14.4 Å². The van der Waals surface area contributed by atoms with Crippen molar-refractivity contribution in [2.45, 2.75) is 19.8 Å². The summed E-state index contributed by atoms with van der Waals surface area (Å²) in [4.78, 5) is 22.8. The summed E-state index contributed by atoms with van der Waals surface area (Å²) in [7, 11) is 0. The van der Waals surface area contributed by atoms with Crippen molar-refractivity contribution in [3.05, 3.63) is 42.5 Å². The van der Waals surface area contributed by atoms with Gasteiger partial charge in [-0.1, -0.05) is 18.7 Å². The number of hydrogen-bond acceptors (Lipinski definition) is 3. The van der Waals surface area contributed by atoms with Crippen LogP contribution in [0, 0.1) is 0 Å². The first kappa shape index (κ1) is 16.0. The number of likely N-dealkylation sites (tertiary alicyclic amines) is 1. The molecule has 0 atom stereocenters. The lowest BCUT2D eigenvalue weighted by Crippen LogP contribution is -2.27. The second-order valence-electron chi connectivity index (χ2n) is 4.36. The Morgan fingerprint density at radius 1 is 1.40 bits per heavy atom. The Bertz CT molecular complexity index is 451. The van der Waals surface area contributed by atoms with Gasteiger partial charge >= 0.3 is 0 Å². The highest BCUT2D eigenvalue weighted by Crippen LogP contribution is 2.17. The third kappa shape index (κ3) is 4.88. The molecule has 0 aliphatic carbocycles. The summed E-state index contributed by atoms with van der Waals surface area (Å²) in [6.07, 6.45) is 4.66. The maximum Gasteiger partial charge on any atom is 0.253 e. The van der Waals surface area contributed by atoms with Crippen LogP contribution in [0.4, 0.5) is 0 Å². The van der Waals surface area contributed by atoms with Crippen LogP contribution in [0.15, 0.2) is 36.9 Å². The van der Waals surface area contributed by atoms with Crippen LogP contribution in [0.5, 0.6) is 5.75 Å². The molecule has 0 unspecified atom stereocenters. The maximum atomic E-state index is 12.1. The van der Waals surface area contributed by atoms with Crippen molar-refractivity contribution >= 4 is 12.2 Å². The van der Waals surface area contributed by atoms with E-state index in [9.17, 15) is 4.79 Å². The van der Waals surface area contributed by atoms with Gasteiger partial charge in [0, 0.05) is 18.7 Å². The molecule has 20 heavy (non-hydrogen) atoms. The first-order valence-electron chi connectivity index (χ1n) is 6.75. The molecule has 108 valence electrons. The normalized spacial score (nSPS) is 13.2. The average Bonchev–Trinajstić information content (AvgIpc) is 2.99. The summed E-state index contributed by atoms with van der Waals surface area (Å²) in [6.45, 7) is 7.24. The van der Waals surface area contributed by atoms with Gasteiger partial charge in [-0.3, -0.25) is 4.79 Å². The highest BCUT2D eigenvalue weighted by molar-refractivity contribution is 5.94. The predicted molar refractivity (Wildman–Crippen MR) is 79.0 cm³/mol. The van der Waals surface area contributed by atoms with E-state index in [1.165, 1.54) is 6.92 Å². The van der Waals surface area contributed by atoms with E-state index >= 15 is 0 Å². The molecule has 0 bridgehead atoms. The SMILES string of the molecule is C=CCOc1cccc(C(=O)N2CCCC2)c1.CC=O. The maximum absolute atomic E-state index is 12.1. The molecule has 0 saturated carbocycles. The molecule has 0 aromatic heterocycles. The van der Waals surface area contributed by atoms with Crippen molar-refractivity contribution in [2.75, 3.05) is 19.7 Å². The van der Waals surface area contributed by atoms with Gasteiger partial charge in [-0.05, 0) is 38.0 Å². The van der Waals surface area contributed by atoms with E-state index in [0.29, 0.717) is 12.2 Å². The molecule has 1 aromatic carbocycles. The lowest BCUT2D eigenvalue weighted by atomic mass is 10.2. The zero-order valence-corrected chi connectivity index (χ0v) is 11.9. The number of benzene rings is 1. The van der Waals surface area contributed by atoms with Crippen molar-refractivity contribution in [3.63, 3.8) is 0 Å². The summed E-state index contributed by atoms with van der Waals surface area (Å²) in [5.41, 5.74) is 0.702. The minimum atomic E-state index is 0.103. The Balaban J connectivity index is 0.000000612. The molecule has 1 aliphatic rings. The third-order valence-corrected chi connectivity index (χ3v) is 2.84. The average molecular weight is 275 g/mol. The number of ether oxygens (including phenoxy) is 1. The van der Waals surface area contributed by atoms with Gasteiger partial charge in [0.2, 0.25) is 0 Å². The molecule has 1 amide bonds. The standard InChI is InChI=1S/C14H17NO2.C2H4O/c1-2-10-17-13-7-5-6-12(11-13)14(16)15-8-3-4-9-15;1-2-3/h2,5-7,11H,1,3-4,8-10H2;2H,1H3. The van der Waals surface area contributed by atoms with Crippen LogP contribution in [-0.2, 0) is 4.79 Å². The lowest BCUT2D eigenvalue weighted by molar-refractivity contribution is -0.106. The summed E-state index contributed by atoms with van der Waals surface area (Å²) >= 11 is 0. The van der Waals surface area contributed by atoms with Crippen molar-refractivity contribution in [2.24, 2.45) is 0 Å². The second-order valence-corrected chi connectivity index (χ2v) is 4.36. The second kappa shape index (κ2) is 8.91. The zero-order valence-electron chi connectivity index (χ0n) is 11.9. The number of carbonyl (C=O) groups is 2. The van der Waals surface area contributed by atoms with E-state index in [2.05, 4.69) is 6.58 Å². The highest BCUT2D eigenvalue weighted by Gasteiger charge is 2.19. The van der Waals surface area contributed by atoms with Crippen LogP contribution in [0.2, 0.25) is 0 Å². The highest BCUT2D eigenvalue weighted by atomic mass is 16.5. The third-order valence-electron chi connectivity index (χ3n) is 2.84. The van der Waals surface area contributed by atoms with Gasteiger partial charge in [-0.2, -0.15) is 0 Å². The Hall–Kier alpha value is -2.10. The van der Waals surface area contributed by atoms with E-state index in [1.54, 1.807) is 12.1 Å². The molecule has 1 heterocycles. The van der Waals surface area contributed by atoms with Gasteiger partial charge in [0.15, 0.2) is 0 Å².